The number of primary amides is 1. The quantitative estimate of drug-likeness (QED) is 0.734. The van der Waals surface area contributed by atoms with Gasteiger partial charge in [0.2, 0.25) is 5.91 Å². The molecule has 2 bridgehead atoms. The van der Waals surface area contributed by atoms with Gasteiger partial charge in [-0.3, -0.25) is 4.79 Å². The van der Waals surface area contributed by atoms with Crippen LogP contribution in [0.15, 0.2) is 30.3 Å². The molecule has 3 nitrogen and oxygen atoms in total. The third-order valence-corrected chi connectivity index (χ3v) is 8.16. The molecule has 0 spiro atoms. The second-order valence-corrected chi connectivity index (χ2v) is 10.5. The highest BCUT2D eigenvalue weighted by Gasteiger charge is 2.73. The Hall–Kier alpha value is -2.43. The average molecular weight is 423 g/mol. The largest absolute Gasteiger partial charge is 0.369 e. The van der Waals surface area contributed by atoms with Gasteiger partial charge in [0, 0.05) is 18.8 Å². The molecule has 1 aliphatic heterocycles. The lowest BCUT2D eigenvalue weighted by Gasteiger charge is -2.68. The van der Waals surface area contributed by atoms with Crippen LogP contribution >= 0.6 is 0 Å². The highest BCUT2D eigenvalue weighted by Crippen LogP contribution is 2.75. The summed E-state index contributed by atoms with van der Waals surface area (Å²) in [5, 5.41) is 0. The van der Waals surface area contributed by atoms with Crippen LogP contribution in [0.2, 0.25) is 0 Å². The van der Waals surface area contributed by atoms with Crippen molar-refractivity contribution in [1.29, 1.82) is 0 Å². The summed E-state index contributed by atoms with van der Waals surface area (Å²) in [5.74, 6) is -0.411. The van der Waals surface area contributed by atoms with E-state index in [1.165, 1.54) is 17.2 Å². The van der Waals surface area contributed by atoms with E-state index in [1.807, 2.05) is 6.07 Å². The molecule has 162 valence electrons. The summed E-state index contributed by atoms with van der Waals surface area (Å²) in [4.78, 5) is 15.0. The second-order valence-electron chi connectivity index (χ2n) is 10.5. The second kappa shape index (κ2) is 6.30. The van der Waals surface area contributed by atoms with E-state index < -0.39 is 5.67 Å². The van der Waals surface area contributed by atoms with Gasteiger partial charge in [-0.25, -0.2) is 8.78 Å². The number of amides is 1. The lowest BCUT2D eigenvalue weighted by atomic mass is 9.37. The van der Waals surface area contributed by atoms with Gasteiger partial charge in [0.15, 0.2) is 0 Å². The first-order valence-electron chi connectivity index (χ1n) is 11.4. The van der Waals surface area contributed by atoms with E-state index in [9.17, 15) is 13.6 Å². The fourth-order valence-corrected chi connectivity index (χ4v) is 6.65. The molecule has 31 heavy (non-hydrogen) atoms. The molecule has 2 N–H and O–H groups in total. The maximum Gasteiger partial charge on any atom is 0.225 e. The molecule has 7 rings (SSSR count). The standard InChI is InChI=1S/C26H28F2N2O/c1-15-8-20(30-7-6-17-9-19(27)5-4-18(17)11-30)10-21(16-2-3-16)22(15)23(24(29)31)25-12-26(28,13-25)14-25/h4-5,8-10,16,23H,2-3,6-7,11-14H2,1H3,(H2,29,31). The Balaban J connectivity index is 1.37. The predicted octanol–water partition coefficient (Wildman–Crippen LogP) is 5.04. The van der Waals surface area contributed by atoms with E-state index in [1.54, 1.807) is 6.07 Å². The predicted molar refractivity (Wildman–Crippen MR) is 116 cm³/mol. The Morgan fingerprint density at radius 3 is 2.55 bits per heavy atom. The molecule has 4 aliphatic carbocycles. The molecule has 5 aliphatic rings. The van der Waals surface area contributed by atoms with Gasteiger partial charge in [0.25, 0.3) is 0 Å². The van der Waals surface area contributed by atoms with Gasteiger partial charge in [-0.15, -0.1) is 0 Å². The third-order valence-electron chi connectivity index (χ3n) is 8.16. The zero-order valence-corrected chi connectivity index (χ0v) is 17.9. The zero-order chi connectivity index (χ0) is 21.5. The summed E-state index contributed by atoms with van der Waals surface area (Å²) in [6.45, 7) is 3.67. The SMILES string of the molecule is Cc1cc(N2CCc3cc(F)ccc3C2)cc(C2CC2)c1C(C(N)=O)C12CC(F)(C1)C2. The maximum atomic E-state index is 14.3. The minimum absolute atomic E-state index is 0.176. The third kappa shape index (κ3) is 2.92. The topological polar surface area (TPSA) is 46.3 Å². The summed E-state index contributed by atoms with van der Waals surface area (Å²) in [6.07, 6.45) is 4.49. The number of hydrogen-bond acceptors (Lipinski definition) is 2. The van der Waals surface area contributed by atoms with E-state index in [0.29, 0.717) is 25.2 Å². The number of aryl methyl sites for hydroxylation is 1. The molecular formula is C26H28F2N2O. The van der Waals surface area contributed by atoms with Gasteiger partial charge in [0.05, 0.1) is 5.92 Å². The number of alkyl halides is 1. The Kier molecular flexibility index (Phi) is 3.92. The van der Waals surface area contributed by atoms with Crippen molar-refractivity contribution in [3.8, 4) is 0 Å². The summed E-state index contributed by atoms with van der Waals surface area (Å²) in [5.41, 5.74) is 11.4. The van der Waals surface area contributed by atoms with E-state index >= 15 is 0 Å². The summed E-state index contributed by atoms with van der Waals surface area (Å²) < 4.78 is 27.9. The van der Waals surface area contributed by atoms with Gasteiger partial charge in [-0.05, 0) is 109 Å². The number of rotatable bonds is 5. The molecule has 2 aromatic carbocycles. The number of hydrogen-bond donors (Lipinski definition) is 1. The first-order valence-corrected chi connectivity index (χ1v) is 11.4. The van der Waals surface area contributed by atoms with Gasteiger partial charge < -0.3 is 10.6 Å². The van der Waals surface area contributed by atoms with Crippen molar-refractivity contribution in [2.75, 3.05) is 11.4 Å². The van der Waals surface area contributed by atoms with Crippen molar-refractivity contribution in [3.63, 3.8) is 0 Å². The van der Waals surface area contributed by atoms with Crippen molar-refractivity contribution in [2.24, 2.45) is 11.1 Å². The summed E-state index contributed by atoms with van der Waals surface area (Å²) >= 11 is 0. The van der Waals surface area contributed by atoms with Crippen LogP contribution in [0.25, 0.3) is 0 Å². The minimum atomic E-state index is -1.05. The minimum Gasteiger partial charge on any atom is -0.369 e. The molecule has 1 amide bonds. The lowest BCUT2D eigenvalue weighted by molar-refractivity contribution is -0.224. The Morgan fingerprint density at radius 1 is 1.16 bits per heavy atom. The van der Waals surface area contributed by atoms with Gasteiger partial charge in [-0.2, -0.15) is 0 Å². The first-order chi connectivity index (χ1) is 14.8. The number of nitrogens with zero attached hydrogens (tertiary/aromatic N) is 1. The molecule has 0 aromatic heterocycles. The van der Waals surface area contributed by atoms with Crippen LogP contribution in [-0.4, -0.2) is 18.1 Å². The summed E-state index contributed by atoms with van der Waals surface area (Å²) in [7, 11) is 0. The smallest absolute Gasteiger partial charge is 0.225 e. The van der Waals surface area contributed by atoms with Gasteiger partial charge in [0.1, 0.15) is 11.5 Å². The molecule has 4 fully saturated rings. The van der Waals surface area contributed by atoms with Gasteiger partial charge >= 0.3 is 0 Å². The molecule has 1 heterocycles. The number of carbonyl (C=O) groups excluding carboxylic acids is 1. The van der Waals surface area contributed by atoms with Crippen LogP contribution in [0.4, 0.5) is 14.5 Å². The molecule has 2 aromatic rings. The number of benzene rings is 2. The van der Waals surface area contributed by atoms with Crippen molar-refractivity contribution in [3.05, 3.63) is 64.0 Å². The van der Waals surface area contributed by atoms with Crippen LogP contribution in [0.3, 0.4) is 0 Å². The Morgan fingerprint density at radius 2 is 1.90 bits per heavy atom. The van der Waals surface area contributed by atoms with Crippen LogP contribution in [0.1, 0.15) is 71.8 Å². The maximum absolute atomic E-state index is 14.3. The normalized spacial score (nSPS) is 29.6. The van der Waals surface area contributed by atoms with Crippen LogP contribution in [-0.2, 0) is 17.8 Å². The number of anilines is 1. The van der Waals surface area contributed by atoms with Gasteiger partial charge in [-0.1, -0.05) is 6.07 Å². The number of nitrogens with two attached hydrogens (primary N) is 1. The Bertz CT molecular complexity index is 1090. The average Bonchev–Trinajstić information content (AvgIpc) is 3.51. The molecule has 1 unspecified atom stereocenters. The van der Waals surface area contributed by atoms with E-state index in [-0.39, 0.29) is 23.1 Å². The molecule has 1 atom stereocenters. The van der Waals surface area contributed by atoms with Crippen molar-refractivity contribution < 1.29 is 13.6 Å². The zero-order valence-electron chi connectivity index (χ0n) is 17.9. The van der Waals surface area contributed by atoms with Crippen LogP contribution < -0.4 is 10.6 Å². The monoisotopic (exact) mass is 422 g/mol. The van der Waals surface area contributed by atoms with E-state index in [4.69, 9.17) is 5.73 Å². The van der Waals surface area contributed by atoms with E-state index in [2.05, 4.69) is 24.0 Å². The Labute approximate surface area is 181 Å². The fraction of sp³-hybridized carbons (Fsp3) is 0.500. The van der Waals surface area contributed by atoms with Crippen LogP contribution in [0, 0.1) is 18.2 Å². The van der Waals surface area contributed by atoms with Crippen LogP contribution in [0.5, 0.6) is 0 Å². The lowest BCUT2D eigenvalue weighted by Crippen LogP contribution is -2.68. The van der Waals surface area contributed by atoms with E-state index in [0.717, 1.165) is 54.7 Å². The number of fused-ring (bicyclic) bond motifs is 1. The molecule has 5 heteroatoms. The molecule has 0 radical (unpaired) electrons. The number of halogens is 2. The fourth-order valence-electron chi connectivity index (χ4n) is 6.65. The molecule has 4 saturated carbocycles. The highest BCUT2D eigenvalue weighted by molar-refractivity contribution is 5.85. The molecule has 0 saturated heterocycles. The van der Waals surface area contributed by atoms with Crippen molar-refractivity contribution >= 4 is 11.6 Å². The molecular weight excluding hydrogens is 394 g/mol. The summed E-state index contributed by atoms with van der Waals surface area (Å²) in [6, 6.07) is 9.49. The van der Waals surface area contributed by atoms with Crippen molar-refractivity contribution in [2.45, 2.75) is 69.5 Å². The van der Waals surface area contributed by atoms with Crippen molar-refractivity contribution in [1.82, 2.24) is 0 Å². The highest BCUT2D eigenvalue weighted by atomic mass is 19.1. The first kappa shape index (κ1) is 19.3. The number of carbonyl (C=O) groups is 1.